The number of amides is 2. The highest BCUT2D eigenvalue weighted by atomic mass is 32.2. The van der Waals surface area contributed by atoms with Crippen LogP contribution in [0.5, 0.6) is 0 Å². The molecule has 0 aliphatic carbocycles. The Bertz CT molecular complexity index is 1020. The third-order valence-corrected chi connectivity index (χ3v) is 7.14. The summed E-state index contributed by atoms with van der Waals surface area (Å²) in [7, 11) is -3.21. The highest BCUT2D eigenvalue weighted by molar-refractivity contribution is 7.93. The van der Waals surface area contributed by atoms with Gasteiger partial charge in [-0.3, -0.25) is 13.9 Å². The number of sulfonamides is 1. The van der Waals surface area contributed by atoms with Gasteiger partial charge in [0.1, 0.15) is 0 Å². The first-order valence-corrected chi connectivity index (χ1v) is 11.3. The van der Waals surface area contributed by atoms with Crippen molar-refractivity contribution in [3.8, 4) is 0 Å². The molecule has 0 spiro atoms. The summed E-state index contributed by atoms with van der Waals surface area (Å²) in [5.41, 5.74) is 2.73. The standard InChI is InChI=1S/C21H23N3O4S/c25-20-3-1-12-23(20)15-16-4-6-17(7-5-16)21(26)22-18-8-10-19(11-9-18)24-13-2-14-29(24,27)28/h4-11H,1-3,12-15H2,(H,22,26). The van der Waals surface area contributed by atoms with Crippen molar-refractivity contribution in [2.45, 2.75) is 25.8 Å². The second-order valence-electron chi connectivity index (χ2n) is 7.36. The Morgan fingerprint density at radius 1 is 0.966 bits per heavy atom. The van der Waals surface area contributed by atoms with E-state index in [1.165, 1.54) is 4.31 Å². The number of rotatable bonds is 5. The van der Waals surface area contributed by atoms with Gasteiger partial charge in [0, 0.05) is 37.3 Å². The molecule has 152 valence electrons. The Kier molecular flexibility index (Phi) is 5.27. The Labute approximate surface area is 170 Å². The molecule has 2 fully saturated rings. The minimum absolute atomic E-state index is 0.174. The molecule has 2 aliphatic heterocycles. The molecule has 29 heavy (non-hydrogen) atoms. The quantitative estimate of drug-likeness (QED) is 0.816. The van der Waals surface area contributed by atoms with Gasteiger partial charge in [0.25, 0.3) is 5.91 Å². The van der Waals surface area contributed by atoms with Gasteiger partial charge in [-0.1, -0.05) is 12.1 Å². The second kappa shape index (κ2) is 7.87. The van der Waals surface area contributed by atoms with Crippen LogP contribution in [0.1, 0.15) is 35.2 Å². The number of nitrogens with one attached hydrogen (secondary N) is 1. The molecular weight excluding hydrogens is 390 g/mol. The lowest BCUT2D eigenvalue weighted by Crippen LogP contribution is -2.25. The number of carbonyl (C=O) groups excluding carboxylic acids is 2. The fourth-order valence-corrected chi connectivity index (χ4v) is 5.26. The summed E-state index contributed by atoms with van der Waals surface area (Å²) in [6.07, 6.45) is 2.15. The van der Waals surface area contributed by atoms with Crippen molar-refractivity contribution in [1.29, 1.82) is 0 Å². The van der Waals surface area contributed by atoms with Crippen LogP contribution in [0.15, 0.2) is 48.5 Å². The molecule has 2 amide bonds. The van der Waals surface area contributed by atoms with Crippen LogP contribution in [0, 0.1) is 0 Å². The number of benzene rings is 2. The van der Waals surface area contributed by atoms with E-state index < -0.39 is 10.0 Å². The van der Waals surface area contributed by atoms with Gasteiger partial charge in [-0.2, -0.15) is 0 Å². The topological polar surface area (TPSA) is 86.8 Å². The maximum Gasteiger partial charge on any atom is 0.255 e. The van der Waals surface area contributed by atoms with Crippen molar-refractivity contribution in [2.75, 3.05) is 28.5 Å². The molecule has 0 aromatic heterocycles. The maximum atomic E-state index is 12.5. The molecule has 4 rings (SSSR count). The molecule has 2 aromatic carbocycles. The molecule has 0 atom stereocenters. The minimum atomic E-state index is -3.21. The molecule has 2 aliphatic rings. The van der Waals surface area contributed by atoms with Crippen molar-refractivity contribution >= 4 is 33.2 Å². The largest absolute Gasteiger partial charge is 0.338 e. The smallest absolute Gasteiger partial charge is 0.255 e. The first-order chi connectivity index (χ1) is 13.9. The zero-order valence-corrected chi connectivity index (χ0v) is 16.8. The molecular formula is C21H23N3O4S. The van der Waals surface area contributed by atoms with Crippen molar-refractivity contribution in [3.05, 3.63) is 59.7 Å². The molecule has 1 N–H and O–H groups in total. The number of hydrogen-bond donors (Lipinski definition) is 1. The van der Waals surface area contributed by atoms with Gasteiger partial charge in [-0.25, -0.2) is 8.42 Å². The molecule has 2 heterocycles. The number of carbonyl (C=O) groups is 2. The summed E-state index contributed by atoms with van der Waals surface area (Å²) in [5.74, 6) is 0.111. The lowest BCUT2D eigenvalue weighted by molar-refractivity contribution is -0.128. The van der Waals surface area contributed by atoms with E-state index in [2.05, 4.69) is 5.32 Å². The van der Waals surface area contributed by atoms with E-state index in [1.807, 2.05) is 17.0 Å². The van der Waals surface area contributed by atoms with Crippen LogP contribution in [0.4, 0.5) is 11.4 Å². The normalized spacial score (nSPS) is 18.3. The number of hydrogen-bond acceptors (Lipinski definition) is 4. The number of likely N-dealkylation sites (tertiary alicyclic amines) is 1. The summed E-state index contributed by atoms with van der Waals surface area (Å²) in [6.45, 7) is 1.85. The molecule has 0 unspecified atom stereocenters. The molecule has 0 bridgehead atoms. The van der Waals surface area contributed by atoms with Gasteiger partial charge in [-0.15, -0.1) is 0 Å². The molecule has 2 saturated heterocycles. The monoisotopic (exact) mass is 413 g/mol. The van der Waals surface area contributed by atoms with Crippen LogP contribution in [-0.4, -0.2) is 44.0 Å². The average molecular weight is 413 g/mol. The zero-order chi connectivity index (χ0) is 20.4. The minimum Gasteiger partial charge on any atom is -0.338 e. The first-order valence-electron chi connectivity index (χ1n) is 9.71. The Morgan fingerprint density at radius 3 is 2.28 bits per heavy atom. The van der Waals surface area contributed by atoms with Gasteiger partial charge in [0.05, 0.1) is 11.4 Å². The summed E-state index contributed by atoms with van der Waals surface area (Å²) >= 11 is 0. The summed E-state index contributed by atoms with van der Waals surface area (Å²) in [5, 5.41) is 2.82. The molecule has 7 nitrogen and oxygen atoms in total. The van der Waals surface area contributed by atoms with Crippen LogP contribution in [0.25, 0.3) is 0 Å². The van der Waals surface area contributed by atoms with Crippen molar-refractivity contribution in [2.24, 2.45) is 0 Å². The summed E-state index contributed by atoms with van der Waals surface area (Å²) in [6, 6.07) is 14.0. The van der Waals surface area contributed by atoms with Gasteiger partial charge in [-0.05, 0) is 54.8 Å². The number of nitrogens with zero attached hydrogens (tertiary/aromatic N) is 2. The van der Waals surface area contributed by atoms with Crippen LogP contribution in [0.3, 0.4) is 0 Å². The summed E-state index contributed by atoms with van der Waals surface area (Å²) in [4.78, 5) is 26.0. The molecule has 2 aromatic rings. The SMILES string of the molecule is O=C(Nc1ccc(N2CCCS2(=O)=O)cc1)c1ccc(CN2CCCC2=O)cc1. The van der Waals surface area contributed by atoms with E-state index in [-0.39, 0.29) is 17.6 Å². The third-order valence-electron chi connectivity index (χ3n) is 5.27. The first kappa shape index (κ1) is 19.4. The highest BCUT2D eigenvalue weighted by Gasteiger charge is 2.28. The number of anilines is 2. The van der Waals surface area contributed by atoms with Crippen LogP contribution in [0.2, 0.25) is 0 Å². The molecule has 0 radical (unpaired) electrons. The van der Waals surface area contributed by atoms with Crippen molar-refractivity contribution in [3.63, 3.8) is 0 Å². The molecule has 0 saturated carbocycles. The van der Waals surface area contributed by atoms with E-state index in [9.17, 15) is 18.0 Å². The third kappa shape index (κ3) is 4.27. The fraction of sp³-hybridized carbons (Fsp3) is 0.333. The van der Waals surface area contributed by atoms with Gasteiger partial charge in [0.15, 0.2) is 0 Å². The van der Waals surface area contributed by atoms with E-state index in [0.29, 0.717) is 42.9 Å². The lowest BCUT2D eigenvalue weighted by atomic mass is 10.1. The van der Waals surface area contributed by atoms with Gasteiger partial charge < -0.3 is 10.2 Å². The molecule has 8 heteroatoms. The van der Waals surface area contributed by atoms with E-state index in [4.69, 9.17) is 0 Å². The predicted octanol–water partition coefficient (Wildman–Crippen LogP) is 2.60. The average Bonchev–Trinajstić information content (AvgIpc) is 3.27. The Balaban J connectivity index is 1.38. The van der Waals surface area contributed by atoms with Crippen LogP contribution >= 0.6 is 0 Å². The summed E-state index contributed by atoms with van der Waals surface area (Å²) < 4.78 is 25.4. The highest BCUT2D eigenvalue weighted by Crippen LogP contribution is 2.25. The van der Waals surface area contributed by atoms with Gasteiger partial charge in [0.2, 0.25) is 15.9 Å². The predicted molar refractivity (Wildman–Crippen MR) is 111 cm³/mol. The lowest BCUT2D eigenvalue weighted by Gasteiger charge is -2.17. The van der Waals surface area contributed by atoms with E-state index in [0.717, 1.165) is 18.5 Å². The maximum absolute atomic E-state index is 12.5. The van der Waals surface area contributed by atoms with Crippen LogP contribution in [-0.2, 0) is 21.4 Å². The fourth-order valence-electron chi connectivity index (χ4n) is 3.70. The van der Waals surface area contributed by atoms with Crippen LogP contribution < -0.4 is 9.62 Å². The van der Waals surface area contributed by atoms with E-state index >= 15 is 0 Å². The van der Waals surface area contributed by atoms with Crippen molar-refractivity contribution < 1.29 is 18.0 Å². The van der Waals surface area contributed by atoms with Crippen molar-refractivity contribution in [1.82, 2.24) is 4.90 Å². The van der Waals surface area contributed by atoms with E-state index in [1.54, 1.807) is 36.4 Å². The zero-order valence-electron chi connectivity index (χ0n) is 16.0. The Morgan fingerprint density at radius 2 is 1.69 bits per heavy atom. The Hall–Kier alpha value is -2.87. The second-order valence-corrected chi connectivity index (χ2v) is 9.37. The van der Waals surface area contributed by atoms with Gasteiger partial charge >= 0.3 is 0 Å².